The summed E-state index contributed by atoms with van der Waals surface area (Å²) in [6, 6.07) is 0.583. The number of nitrogens with one attached hydrogen (secondary N) is 1. The Morgan fingerprint density at radius 3 is 2.78 bits per heavy atom. The molecule has 0 amide bonds. The molecule has 106 valence electrons. The molecule has 4 unspecified atom stereocenters. The third-order valence-electron chi connectivity index (χ3n) is 4.77. The zero-order valence-corrected chi connectivity index (χ0v) is 12.3. The van der Waals surface area contributed by atoms with Gasteiger partial charge in [-0.3, -0.25) is 0 Å². The first-order chi connectivity index (χ1) is 8.70. The molecule has 4 atom stereocenters. The smallest absolute Gasteiger partial charge is 0.0623 e. The molecule has 3 heteroatoms. The van der Waals surface area contributed by atoms with Crippen LogP contribution in [0.25, 0.3) is 0 Å². The number of likely N-dealkylation sites (tertiary alicyclic amines) is 1. The van der Waals surface area contributed by atoms with Gasteiger partial charge in [-0.2, -0.15) is 0 Å². The summed E-state index contributed by atoms with van der Waals surface area (Å²) >= 11 is 0. The molecular weight excluding hydrogens is 224 g/mol. The largest absolute Gasteiger partial charge is 0.379 e. The molecule has 0 saturated carbocycles. The molecule has 2 aliphatic heterocycles. The minimum atomic E-state index is 0.583. The topological polar surface area (TPSA) is 24.5 Å². The summed E-state index contributed by atoms with van der Waals surface area (Å²) in [6.07, 6.45) is 2.57. The highest BCUT2D eigenvalue weighted by Crippen LogP contribution is 2.24. The van der Waals surface area contributed by atoms with E-state index in [9.17, 15) is 0 Å². The molecule has 0 spiro atoms. The van der Waals surface area contributed by atoms with E-state index in [1.165, 1.54) is 32.5 Å². The molecular formula is C15H30N2O. The van der Waals surface area contributed by atoms with Crippen molar-refractivity contribution in [2.75, 3.05) is 39.4 Å². The second kappa shape index (κ2) is 6.88. The van der Waals surface area contributed by atoms with Crippen molar-refractivity contribution in [1.29, 1.82) is 0 Å². The van der Waals surface area contributed by atoms with Gasteiger partial charge in [-0.15, -0.1) is 0 Å². The van der Waals surface area contributed by atoms with Gasteiger partial charge in [-0.25, -0.2) is 0 Å². The number of piperidine rings is 1. The zero-order valence-electron chi connectivity index (χ0n) is 12.3. The summed E-state index contributed by atoms with van der Waals surface area (Å²) in [7, 11) is 0. The fourth-order valence-corrected chi connectivity index (χ4v) is 3.18. The Morgan fingerprint density at radius 2 is 2.06 bits per heavy atom. The molecule has 18 heavy (non-hydrogen) atoms. The lowest BCUT2D eigenvalue weighted by molar-refractivity contribution is 0.110. The van der Waals surface area contributed by atoms with E-state index in [1.807, 2.05) is 0 Å². The molecule has 0 aromatic heterocycles. The molecule has 2 aliphatic rings. The van der Waals surface area contributed by atoms with E-state index >= 15 is 0 Å². The standard InChI is InChI=1S/C15H30N2O/c1-4-6-16-15-11-18-10-14(15)9-17-7-5-12(2)13(3)8-17/h12-16H,4-11H2,1-3H3. The number of rotatable bonds is 5. The quantitative estimate of drug-likeness (QED) is 0.812. The van der Waals surface area contributed by atoms with Crippen LogP contribution in [-0.4, -0.2) is 50.3 Å². The number of hydrogen-bond donors (Lipinski definition) is 1. The molecule has 2 saturated heterocycles. The van der Waals surface area contributed by atoms with E-state index in [2.05, 4.69) is 31.0 Å². The highest BCUT2D eigenvalue weighted by molar-refractivity contribution is 4.85. The van der Waals surface area contributed by atoms with Gasteiger partial charge in [0.25, 0.3) is 0 Å². The van der Waals surface area contributed by atoms with Crippen molar-refractivity contribution in [3.05, 3.63) is 0 Å². The molecule has 0 aromatic rings. The third kappa shape index (κ3) is 3.69. The second-order valence-electron chi connectivity index (χ2n) is 6.36. The minimum absolute atomic E-state index is 0.583. The first kappa shape index (κ1) is 14.3. The van der Waals surface area contributed by atoms with Crippen molar-refractivity contribution in [2.24, 2.45) is 17.8 Å². The zero-order chi connectivity index (χ0) is 13.0. The van der Waals surface area contributed by atoms with E-state index in [0.29, 0.717) is 12.0 Å². The molecule has 0 aliphatic carbocycles. The number of hydrogen-bond acceptors (Lipinski definition) is 3. The van der Waals surface area contributed by atoms with Crippen LogP contribution in [0.1, 0.15) is 33.6 Å². The summed E-state index contributed by atoms with van der Waals surface area (Å²) in [6.45, 7) is 13.8. The maximum Gasteiger partial charge on any atom is 0.0623 e. The Labute approximate surface area is 112 Å². The maximum absolute atomic E-state index is 5.67. The first-order valence-corrected chi connectivity index (χ1v) is 7.74. The van der Waals surface area contributed by atoms with E-state index in [4.69, 9.17) is 4.74 Å². The van der Waals surface area contributed by atoms with Crippen molar-refractivity contribution in [3.63, 3.8) is 0 Å². The predicted octanol–water partition coefficient (Wildman–Crippen LogP) is 1.98. The lowest BCUT2D eigenvalue weighted by Crippen LogP contribution is -2.46. The van der Waals surface area contributed by atoms with Crippen molar-refractivity contribution in [1.82, 2.24) is 10.2 Å². The van der Waals surface area contributed by atoms with Gasteiger partial charge >= 0.3 is 0 Å². The fourth-order valence-electron chi connectivity index (χ4n) is 3.18. The molecule has 0 aromatic carbocycles. The lowest BCUT2D eigenvalue weighted by atomic mass is 9.88. The van der Waals surface area contributed by atoms with Gasteiger partial charge in [0.15, 0.2) is 0 Å². The molecule has 2 rings (SSSR count). The van der Waals surface area contributed by atoms with Crippen LogP contribution in [0, 0.1) is 17.8 Å². The van der Waals surface area contributed by atoms with Gasteiger partial charge in [-0.1, -0.05) is 20.8 Å². The average molecular weight is 254 g/mol. The molecule has 1 N–H and O–H groups in total. The summed E-state index contributed by atoms with van der Waals surface area (Å²) in [5.74, 6) is 2.44. The average Bonchev–Trinajstić information content (AvgIpc) is 2.79. The van der Waals surface area contributed by atoms with Gasteiger partial charge in [0.2, 0.25) is 0 Å². The SMILES string of the molecule is CCCNC1COCC1CN1CCC(C)C(C)C1. The van der Waals surface area contributed by atoms with Crippen LogP contribution in [-0.2, 0) is 4.74 Å². The van der Waals surface area contributed by atoms with Crippen LogP contribution in [0.5, 0.6) is 0 Å². The van der Waals surface area contributed by atoms with Gasteiger partial charge in [0, 0.05) is 25.0 Å². The monoisotopic (exact) mass is 254 g/mol. The van der Waals surface area contributed by atoms with Crippen LogP contribution in [0.4, 0.5) is 0 Å². The van der Waals surface area contributed by atoms with Crippen molar-refractivity contribution >= 4 is 0 Å². The Balaban J connectivity index is 1.77. The Hall–Kier alpha value is -0.120. The second-order valence-corrected chi connectivity index (χ2v) is 6.36. The molecule has 0 bridgehead atoms. The van der Waals surface area contributed by atoms with Gasteiger partial charge in [0.1, 0.15) is 0 Å². The van der Waals surface area contributed by atoms with E-state index < -0.39 is 0 Å². The van der Waals surface area contributed by atoms with Crippen LogP contribution >= 0.6 is 0 Å². The number of nitrogens with zero attached hydrogens (tertiary/aromatic N) is 1. The van der Waals surface area contributed by atoms with Crippen molar-refractivity contribution in [3.8, 4) is 0 Å². The van der Waals surface area contributed by atoms with E-state index in [-0.39, 0.29) is 0 Å². The third-order valence-corrected chi connectivity index (χ3v) is 4.77. The summed E-state index contributed by atoms with van der Waals surface area (Å²) < 4.78 is 5.67. The van der Waals surface area contributed by atoms with Crippen LogP contribution in [0.3, 0.4) is 0 Å². The van der Waals surface area contributed by atoms with E-state index in [0.717, 1.165) is 31.6 Å². The Morgan fingerprint density at radius 1 is 1.22 bits per heavy atom. The van der Waals surface area contributed by atoms with Crippen molar-refractivity contribution < 1.29 is 4.74 Å². The summed E-state index contributed by atoms with van der Waals surface area (Å²) in [5, 5.41) is 3.64. The Kier molecular flexibility index (Phi) is 5.46. The predicted molar refractivity (Wildman–Crippen MR) is 75.8 cm³/mol. The van der Waals surface area contributed by atoms with Gasteiger partial charge < -0.3 is 15.0 Å². The first-order valence-electron chi connectivity index (χ1n) is 7.74. The van der Waals surface area contributed by atoms with Crippen LogP contribution < -0.4 is 5.32 Å². The minimum Gasteiger partial charge on any atom is -0.379 e. The Bertz CT molecular complexity index is 247. The molecule has 2 heterocycles. The lowest BCUT2D eigenvalue weighted by Gasteiger charge is -2.37. The highest BCUT2D eigenvalue weighted by atomic mass is 16.5. The summed E-state index contributed by atoms with van der Waals surface area (Å²) in [5.41, 5.74) is 0. The van der Waals surface area contributed by atoms with Crippen molar-refractivity contribution in [2.45, 2.75) is 39.7 Å². The maximum atomic E-state index is 5.67. The van der Waals surface area contributed by atoms with E-state index in [1.54, 1.807) is 0 Å². The molecule has 2 fully saturated rings. The van der Waals surface area contributed by atoms with Crippen LogP contribution in [0.15, 0.2) is 0 Å². The molecule has 0 radical (unpaired) electrons. The summed E-state index contributed by atoms with van der Waals surface area (Å²) in [4.78, 5) is 2.66. The van der Waals surface area contributed by atoms with Crippen LogP contribution in [0.2, 0.25) is 0 Å². The van der Waals surface area contributed by atoms with Gasteiger partial charge in [0.05, 0.1) is 13.2 Å². The number of ether oxygens (including phenoxy) is 1. The normalized spacial score (nSPS) is 38.2. The molecule has 3 nitrogen and oxygen atoms in total. The van der Waals surface area contributed by atoms with Gasteiger partial charge in [-0.05, 0) is 37.8 Å². The highest BCUT2D eigenvalue weighted by Gasteiger charge is 2.31. The fraction of sp³-hybridized carbons (Fsp3) is 1.00.